The summed E-state index contributed by atoms with van der Waals surface area (Å²) < 4.78 is 68.3. The first-order valence-corrected chi connectivity index (χ1v) is 40.4. The van der Waals surface area contributed by atoms with Crippen LogP contribution in [0.3, 0.4) is 0 Å². The molecule has 0 fully saturated rings. The molecule has 0 aliphatic heterocycles. The molecule has 0 aliphatic carbocycles. The number of rotatable bonds is 69. The van der Waals surface area contributed by atoms with Gasteiger partial charge >= 0.3 is 39.5 Å². The van der Waals surface area contributed by atoms with Crippen LogP contribution in [0.1, 0.15) is 285 Å². The maximum absolute atomic E-state index is 13.1. The van der Waals surface area contributed by atoms with Crippen LogP contribution in [0.15, 0.2) is 134 Å². The highest BCUT2D eigenvalue weighted by Gasteiger charge is 2.30. The second-order valence-electron chi connectivity index (χ2n) is 24.5. The first kappa shape index (κ1) is 93.2. The summed E-state index contributed by atoms with van der Waals surface area (Å²) in [6.45, 7) is 4.37. The minimum absolute atomic E-state index is 0.0527. The summed E-state index contributed by atoms with van der Waals surface area (Å²) in [5.41, 5.74) is 0. The number of hydrogen-bond donors (Lipinski definition) is 3. The van der Waals surface area contributed by atoms with Gasteiger partial charge in [-0.15, -0.1) is 0 Å². The molecule has 0 aromatic carbocycles. The quantitative estimate of drug-likeness (QED) is 0.0169. The number of esters is 4. The van der Waals surface area contributed by atoms with E-state index in [9.17, 15) is 43.2 Å². The highest BCUT2D eigenvalue weighted by atomic mass is 31.2. The van der Waals surface area contributed by atoms with E-state index < -0.39 is 97.5 Å². The van der Waals surface area contributed by atoms with E-state index in [0.29, 0.717) is 25.7 Å². The predicted octanol–water partition coefficient (Wildman–Crippen LogP) is 21.3. The molecule has 560 valence electrons. The third-order valence-corrected chi connectivity index (χ3v) is 17.1. The molecule has 0 saturated heterocycles. The van der Waals surface area contributed by atoms with Crippen LogP contribution in [0, 0.1) is 0 Å². The number of aliphatic hydroxyl groups excluding tert-OH is 1. The van der Waals surface area contributed by atoms with Crippen LogP contribution in [-0.4, -0.2) is 96.7 Å². The molecule has 0 radical (unpaired) electrons. The molecule has 0 rings (SSSR count). The number of ether oxygens (including phenoxy) is 4. The second-order valence-corrected chi connectivity index (χ2v) is 27.4. The SMILES string of the molecule is CC/C=C\C/C=C\C/C=C\C/C=C\C/C=C\CC(=O)OCC(COP(=O)(O)OCC(O)COP(=O)(O)OCC(COC(=O)CCCCCCC/C=C\C/C=C\C/C=C\CC)OC(=O)CCCCCCCCCCCCCCC)OC(=O)CCCCCCC/C=C\C/C=C\C/C=C\CC. The molecule has 5 atom stereocenters. The van der Waals surface area contributed by atoms with Crippen LogP contribution in [0.5, 0.6) is 0 Å². The van der Waals surface area contributed by atoms with Gasteiger partial charge in [0.2, 0.25) is 0 Å². The van der Waals surface area contributed by atoms with E-state index in [2.05, 4.69) is 137 Å². The average molecular weight is 1420 g/mol. The normalized spacial score (nSPS) is 14.7. The van der Waals surface area contributed by atoms with E-state index in [1.165, 1.54) is 51.4 Å². The van der Waals surface area contributed by atoms with Gasteiger partial charge in [0.15, 0.2) is 12.2 Å². The fraction of sp³-hybridized carbons (Fsp3) is 0.671. The second kappa shape index (κ2) is 70.6. The number of unbranched alkanes of at least 4 members (excludes halogenated alkanes) is 22. The summed E-state index contributed by atoms with van der Waals surface area (Å²) in [6, 6.07) is 0. The summed E-state index contributed by atoms with van der Waals surface area (Å²) in [7, 11) is -9.98. The topological polar surface area (TPSA) is 237 Å². The van der Waals surface area contributed by atoms with Gasteiger partial charge in [-0.2, -0.15) is 0 Å². The lowest BCUT2D eigenvalue weighted by Gasteiger charge is -2.21. The molecule has 0 aromatic heterocycles. The average Bonchev–Trinajstić information content (AvgIpc) is 1.04. The van der Waals surface area contributed by atoms with E-state index in [0.717, 1.165) is 154 Å². The highest BCUT2D eigenvalue weighted by Crippen LogP contribution is 2.45. The van der Waals surface area contributed by atoms with Gasteiger partial charge in [-0.05, 0) is 116 Å². The van der Waals surface area contributed by atoms with Crippen molar-refractivity contribution >= 4 is 39.5 Å². The zero-order chi connectivity index (χ0) is 71.8. The number of hydrogen-bond acceptors (Lipinski definition) is 15. The lowest BCUT2D eigenvalue weighted by Crippen LogP contribution is -2.30. The third kappa shape index (κ3) is 69.7. The Bertz CT molecular complexity index is 2380. The predicted molar refractivity (Wildman–Crippen MR) is 399 cm³/mol. The minimum Gasteiger partial charge on any atom is -0.462 e. The van der Waals surface area contributed by atoms with Crippen molar-refractivity contribution in [3.05, 3.63) is 134 Å². The van der Waals surface area contributed by atoms with Crippen molar-refractivity contribution in [3.8, 4) is 0 Å². The summed E-state index contributed by atoms with van der Waals surface area (Å²) >= 11 is 0. The molecule has 0 saturated carbocycles. The van der Waals surface area contributed by atoms with Crippen molar-refractivity contribution in [3.63, 3.8) is 0 Å². The molecule has 19 heteroatoms. The summed E-state index contributed by atoms with van der Waals surface area (Å²) in [6.07, 6.45) is 77.6. The van der Waals surface area contributed by atoms with Gasteiger partial charge in [0, 0.05) is 19.3 Å². The Kier molecular flexibility index (Phi) is 67.2. The van der Waals surface area contributed by atoms with Crippen LogP contribution in [0.4, 0.5) is 0 Å². The van der Waals surface area contributed by atoms with E-state index >= 15 is 0 Å². The molecule has 3 N–H and O–H groups in total. The number of carbonyl (C=O) groups is 4. The van der Waals surface area contributed by atoms with E-state index in [1.54, 1.807) is 6.08 Å². The van der Waals surface area contributed by atoms with Gasteiger partial charge in [-0.3, -0.25) is 37.3 Å². The molecule has 0 heterocycles. The minimum atomic E-state index is -5.00. The van der Waals surface area contributed by atoms with Gasteiger partial charge in [-0.25, -0.2) is 9.13 Å². The molecule has 0 aliphatic rings. The van der Waals surface area contributed by atoms with E-state index in [-0.39, 0.29) is 25.7 Å². The maximum atomic E-state index is 13.1. The van der Waals surface area contributed by atoms with Crippen molar-refractivity contribution in [2.24, 2.45) is 0 Å². The Morgan fingerprint density at radius 1 is 0.306 bits per heavy atom. The smallest absolute Gasteiger partial charge is 0.462 e. The Labute approximate surface area is 593 Å². The van der Waals surface area contributed by atoms with Crippen molar-refractivity contribution < 1.29 is 80.2 Å². The monoisotopic (exact) mass is 1410 g/mol. The van der Waals surface area contributed by atoms with Crippen LogP contribution < -0.4 is 0 Å². The molecular weight excluding hydrogens is 1280 g/mol. The zero-order valence-electron chi connectivity index (χ0n) is 60.9. The number of aliphatic hydroxyl groups is 1. The lowest BCUT2D eigenvalue weighted by atomic mass is 10.0. The van der Waals surface area contributed by atoms with Crippen LogP contribution in [-0.2, 0) is 65.4 Å². The van der Waals surface area contributed by atoms with Crippen LogP contribution in [0.2, 0.25) is 0 Å². The summed E-state index contributed by atoms with van der Waals surface area (Å²) in [5, 5.41) is 10.6. The lowest BCUT2D eigenvalue weighted by molar-refractivity contribution is -0.161. The fourth-order valence-corrected chi connectivity index (χ4v) is 11.1. The number of phosphoric ester groups is 2. The number of phosphoric acid groups is 2. The molecular formula is C79H132O17P2. The van der Waals surface area contributed by atoms with Gasteiger partial charge in [0.1, 0.15) is 19.3 Å². The Morgan fingerprint density at radius 3 is 0.908 bits per heavy atom. The van der Waals surface area contributed by atoms with Gasteiger partial charge in [-0.1, -0.05) is 277 Å². The highest BCUT2D eigenvalue weighted by molar-refractivity contribution is 7.47. The Hall–Kier alpha value is -4.80. The van der Waals surface area contributed by atoms with Crippen molar-refractivity contribution in [1.82, 2.24) is 0 Å². The number of carbonyl (C=O) groups excluding carboxylic acids is 4. The van der Waals surface area contributed by atoms with Crippen molar-refractivity contribution in [1.29, 1.82) is 0 Å². The van der Waals surface area contributed by atoms with Crippen LogP contribution in [0.25, 0.3) is 0 Å². The molecule has 0 bridgehead atoms. The Morgan fingerprint density at radius 2 is 0.571 bits per heavy atom. The van der Waals surface area contributed by atoms with Gasteiger partial charge in [0.05, 0.1) is 32.8 Å². The van der Waals surface area contributed by atoms with Crippen molar-refractivity contribution in [2.75, 3.05) is 39.6 Å². The first-order chi connectivity index (χ1) is 47.7. The molecule has 17 nitrogen and oxygen atoms in total. The zero-order valence-corrected chi connectivity index (χ0v) is 62.7. The summed E-state index contributed by atoms with van der Waals surface area (Å²) in [5.74, 6) is -2.36. The van der Waals surface area contributed by atoms with E-state index in [4.69, 9.17) is 37.0 Å². The fourth-order valence-electron chi connectivity index (χ4n) is 9.56. The van der Waals surface area contributed by atoms with Gasteiger partial charge in [0.25, 0.3) is 0 Å². The Balaban J connectivity index is 5.44. The van der Waals surface area contributed by atoms with Crippen molar-refractivity contribution in [2.45, 2.75) is 303 Å². The largest absolute Gasteiger partial charge is 0.472 e. The van der Waals surface area contributed by atoms with Crippen LogP contribution >= 0.6 is 15.6 Å². The molecule has 0 spiro atoms. The van der Waals surface area contributed by atoms with E-state index in [1.807, 2.05) is 18.2 Å². The first-order valence-electron chi connectivity index (χ1n) is 37.4. The molecule has 0 aromatic rings. The third-order valence-electron chi connectivity index (χ3n) is 15.2. The number of allylic oxidation sites excluding steroid dienone is 21. The molecule has 5 unspecified atom stereocenters. The standard InChI is InChI=1S/C79H132O17P2/c1-5-9-13-17-21-25-29-33-36-40-43-47-51-55-59-63-76(81)89-69-74(95-78(83)65-61-57-53-49-45-39-32-28-24-20-16-12-8-4)71-93-97(85,86)91-67-73(80)68-92-98(87,88)94-72-75(96-79(84)66-62-58-54-50-46-42-38-35-31-27-23-19-15-11-7-3)70-90-77(82)64-60-56-52-48-44-41-37-34-30-26-22-18-14-10-6-2/h9-11,13-15,21-23,25-27,33-38,44,48,56,60,73-75,80H,5-8,12,16-20,24,28-32,39-43,45-47,49-55,57-59,61-72H2,1-4H3,(H,85,86)(H,87,88)/b13-9-,14-10-,15-11-,25-21-,26-22-,27-23-,36-33-,37-34-,38-35-,48-44-,60-56-. The summed E-state index contributed by atoms with van der Waals surface area (Å²) in [4.78, 5) is 72.7. The molecule has 98 heavy (non-hydrogen) atoms. The van der Waals surface area contributed by atoms with Gasteiger partial charge < -0.3 is 33.8 Å². The molecule has 0 amide bonds. The maximum Gasteiger partial charge on any atom is 0.472 e.